The maximum atomic E-state index is 12.1. The second-order valence-corrected chi connectivity index (χ2v) is 4.29. The van der Waals surface area contributed by atoms with E-state index >= 15 is 0 Å². The van der Waals surface area contributed by atoms with Crippen molar-refractivity contribution in [3.05, 3.63) is 29.8 Å². The zero-order valence-electron chi connectivity index (χ0n) is 10.5. The molecule has 1 aliphatic heterocycles. The summed E-state index contributed by atoms with van der Waals surface area (Å²) >= 11 is 0. The van der Waals surface area contributed by atoms with Gasteiger partial charge in [0.25, 0.3) is 0 Å². The van der Waals surface area contributed by atoms with Gasteiger partial charge in [-0.1, -0.05) is 18.2 Å². The molecule has 98 valence electrons. The molecule has 5 heteroatoms. The van der Waals surface area contributed by atoms with E-state index in [1.807, 2.05) is 24.3 Å². The first-order chi connectivity index (χ1) is 8.81. The predicted molar refractivity (Wildman–Crippen MR) is 70.4 cm³/mol. The summed E-state index contributed by atoms with van der Waals surface area (Å²) in [6.07, 6.45) is 0. The van der Waals surface area contributed by atoms with Gasteiger partial charge in [-0.2, -0.15) is 0 Å². The molecule has 0 aromatic heterocycles. The van der Waals surface area contributed by atoms with E-state index in [0.717, 1.165) is 24.3 Å². The molecule has 1 saturated heterocycles. The Bertz CT molecular complexity index is 403. The third-order valence-electron chi connectivity index (χ3n) is 2.93. The van der Waals surface area contributed by atoms with Gasteiger partial charge in [0.2, 0.25) is 5.91 Å². The Morgan fingerprint density at radius 3 is 3.00 bits per heavy atom. The molecule has 5 nitrogen and oxygen atoms in total. The third-order valence-corrected chi connectivity index (χ3v) is 2.93. The first-order valence-corrected chi connectivity index (χ1v) is 6.13. The van der Waals surface area contributed by atoms with Crippen LogP contribution in [0.15, 0.2) is 24.3 Å². The summed E-state index contributed by atoms with van der Waals surface area (Å²) in [5, 5.41) is 9.32. The third kappa shape index (κ3) is 3.29. The number of carbonyl (C=O) groups is 1. The van der Waals surface area contributed by atoms with E-state index in [-0.39, 0.29) is 11.9 Å². The molecule has 0 radical (unpaired) electrons. The zero-order valence-corrected chi connectivity index (χ0v) is 10.5. The number of anilines is 1. The van der Waals surface area contributed by atoms with Crippen LogP contribution in [0.25, 0.3) is 0 Å². The van der Waals surface area contributed by atoms with E-state index in [9.17, 15) is 4.79 Å². The van der Waals surface area contributed by atoms with Gasteiger partial charge in [0.1, 0.15) is 0 Å². The molecule has 1 aromatic carbocycles. The molecule has 0 aliphatic carbocycles. The minimum absolute atomic E-state index is 0.00856. The number of piperazine rings is 1. The SMILES string of the molecule is COCc1ccccc1NC(=O)C1CNCCN1. The molecule has 1 heterocycles. The average molecular weight is 249 g/mol. The molecule has 1 unspecified atom stereocenters. The van der Waals surface area contributed by atoms with E-state index in [1.54, 1.807) is 7.11 Å². The van der Waals surface area contributed by atoms with Gasteiger partial charge in [0.05, 0.1) is 12.6 Å². The lowest BCUT2D eigenvalue weighted by Gasteiger charge is -2.24. The molecule has 1 amide bonds. The number of amides is 1. The first kappa shape index (κ1) is 13.0. The lowest BCUT2D eigenvalue weighted by molar-refractivity contribution is -0.118. The Balaban J connectivity index is 2.01. The minimum atomic E-state index is -0.172. The highest BCUT2D eigenvalue weighted by atomic mass is 16.5. The van der Waals surface area contributed by atoms with Gasteiger partial charge in [-0.15, -0.1) is 0 Å². The maximum Gasteiger partial charge on any atom is 0.242 e. The number of hydrogen-bond donors (Lipinski definition) is 3. The van der Waals surface area contributed by atoms with Gasteiger partial charge in [-0.05, 0) is 6.07 Å². The van der Waals surface area contributed by atoms with Gasteiger partial charge in [-0.3, -0.25) is 4.79 Å². The summed E-state index contributed by atoms with van der Waals surface area (Å²) in [6, 6.07) is 7.51. The fraction of sp³-hybridized carbons (Fsp3) is 0.462. The predicted octanol–water partition coefficient (Wildman–Crippen LogP) is 0.333. The largest absolute Gasteiger partial charge is 0.380 e. The van der Waals surface area contributed by atoms with Gasteiger partial charge in [0, 0.05) is 38.0 Å². The smallest absolute Gasteiger partial charge is 0.242 e. The molecule has 1 aromatic rings. The minimum Gasteiger partial charge on any atom is -0.380 e. The van der Waals surface area contributed by atoms with Crippen LogP contribution in [-0.4, -0.2) is 38.7 Å². The number of benzene rings is 1. The highest BCUT2D eigenvalue weighted by molar-refractivity contribution is 5.95. The monoisotopic (exact) mass is 249 g/mol. The fourth-order valence-corrected chi connectivity index (χ4v) is 1.98. The summed E-state index contributed by atoms with van der Waals surface area (Å²) < 4.78 is 5.12. The molecule has 1 fully saturated rings. The van der Waals surface area contributed by atoms with Crippen LogP contribution in [0.4, 0.5) is 5.69 Å². The summed E-state index contributed by atoms with van der Waals surface area (Å²) in [5.41, 5.74) is 1.80. The summed E-state index contributed by atoms with van der Waals surface area (Å²) in [4.78, 5) is 12.1. The van der Waals surface area contributed by atoms with Gasteiger partial charge < -0.3 is 20.7 Å². The normalized spacial score (nSPS) is 19.5. The van der Waals surface area contributed by atoms with Crippen LogP contribution < -0.4 is 16.0 Å². The van der Waals surface area contributed by atoms with Crippen LogP contribution in [0.1, 0.15) is 5.56 Å². The first-order valence-electron chi connectivity index (χ1n) is 6.13. The lowest BCUT2D eigenvalue weighted by Crippen LogP contribution is -2.54. The second kappa shape index (κ2) is 6.49. The average Bonchev–Trinajstić information content (AvgIpc) is 2.42. The molecule has 18 heavy (non-hydrogen) atoms. The van der Waals surface area contributed by atoms with Crippen molar-refractivity contribution in [2.75, 3.05) is 32.1 Å². The Kier molecular flexibility index (Phi) is 4.69. The van der Waals surface area contributed by atoms with Gasteiger partial charge >= 0.3 is 0 Å². The lowest BCUT2D eigenvalue weighted by atomic mass is 10.1. The number of nitrogens with one attached hydrogen (secondary N) is 3. The molecule has 3 N–H and O–H groups in total. The van der Waals surface area contributed by atoms with Crippen LogP contribution in [0, 0.1) is 0 Å². The Hall–Kier alpha value is -1.43. The number of ether oxygens (including phenoxy) is 1. The summed E-state index contributed by atoms with van der Waals surface area (Å²) in [7, 11) is 1.64. The van der Waals surface area contributed by atoms with Crippen molar-refractivity contribution >= 4 is 11.6 Å². The van der Waals surface area contributed by atoms with Crippen molar-refractivity contribution in [1.82, 2.24) is 10.6 Å². The number of para-hydroxylation sites is 1. The molecular weight excluding hydrogens is 230 g/mol. The Labute approximate surface area is 107 Å². The molecular formula is C13H19N3O2. The number of rotatable bonds is 4. The van der Waals surface area contributed by atoms with Crippen molar-refractivity contribution in [3.8, 4) is 0 Å². The Morgan fingerprint density at radius 2 is 2.28 bits per heavy atom. The van der Waals surface area contributed by atoms with E-state index in [2.05, 4.69) is 16.0 Å². The summed E-state index contributed by atoms with van der Waals surface area (Å²) in [6.45, 7) is 2.88. The maximum absolute atomic E-state index is 12.1. The van der Waals surface area contributed by atoms with E-state index < -0.39 is 0 Å². The van der Waals surface area contributed by atoms with Crippen molar-refractivity contribution in [2.24, 2.45) is 0 Å². The molecule has 0 bridgehead atoms. The van der Waals surface area contributed by atoms with Crippen molar-refractivity contribution in [2.45, 2.75) is 12.6 Å². The fourth-order valence-electron chi connectivity index (χ4n) is 1.98. The van der Waals surface area contributed by atoms with E-state index in [0.29, 0.717) is 13.2 Å². The topological polar surface area (TPSA) is 62.4 Å². The van der Waals surface area contributed by atoms with Crippen LogP contribution in [0.3, 0.4) is 0 Å². The van der Waals surface area contributed by atoms with Crippen molar-refractivity contribution < 1.29 is 9.53 Å². The van der Waals surface area contributed by atoms with Crippen LogP contribution in [0.5, 0.6) is 0 Å². The van der Waals surface area contributed by atoms with E-state index in [1.165, 1.54) is 0 Å². The van der Waals surface area contributed by atoms with Gasteiger partial charge in [0.15, 0.2) is 0 Å². The van der Waals surface area contributed by atoms with E-state index in [4.69, 9.17) is 4.74 Å². The summed E-state index contributed by atoms with van der Waals surface area (Å²) in [5.74, 6) is -0.00856. The highest BCUT2D eigenvalue weighted by Gasteiger charge is 2.20. The molecule has 2 rings (SSSR count). The van der Waals surface area contributed by atoms with Crippen LogP contribution in [0.2, 0.25) is 0 Å². The number of carbonyl (C=O) groups excluding carboxylic acids is 1. The molecule has 1 aliphatic rings. The number of hydrogen-bond acceptors (Lipinski definition) is 4. The molecule has 0 saturated carbocycles. The second-order valence-electron chi connectivity index (χ2n) is 4.29. The zero-order chi connectivity index (χ0) is 12.8. The Morgan fingerprint density at radius 1 is 1.44 bits per heavy atom. The standard InChI is InChI=1S/C13H19N3O2/c1-18-9-10-4-2-3-5-11(10)16-13(17)12-8-14-6-7-15-12/h2-5,12,14-15H,6-9H2,1H3,(H,16,17). The van der Waals surface area contributed by atoms with Crippen molar-refractivity contribution in [3.63, 3.8) is 0 Å². The molecule has 1 atom stereocenters. The number of methoxy groups -OCH3 is 1. The van der Waals surface area contributed by atoms with Crippen LogP contribution >= 0.6 is 0 Å². The van der Waals surface area contributed by atoms with Crippen LogP contribution in [-0.2, 0) is 16.1 Å². The van der Waals surface area contributed by atoms with Gasteiger partial charge in [-0.25, -0.2) is 0 Å². The van der Waals surface area contributed by atoms with Crippen molar-refractivity contribution in [1.29, 1.82) is 0 Å². The quantitative estimate of drug-likeness (QED) is 0.720. The molecule has 0 spiro atoms. The highest BCUT2D eigenvalue weighted by Crippen LogP contribution is 2.16.